The van der Waals surface area contributed by atoms with Crippen molar-refractivity contribution in [3.63, 3.8) is 0 Å². The molecule has 2 atom stereocenters. The average Bonchev–Trinajstić information content (AvgIpc) is 2.32. The lowest BCUT2D eigenvalue weighted by molar-refractivity contribution is -0.0441. The SMILES string of the molecule is Cc1cc(F)c(S(=O)(=O)N2CC(C)OC(C)C2)cc1N. The monoisotopic (exact) mass is 302 g/mol. The highest BCUT2D eigenvalue weighted by Crippen LogP contribution is 2.26. The summed E-state index contributed by atoms with van der Waals surface area (Å²) >= 11 is 0. The van der Waals surface area contributed by atoms with Gasteiger partial charge in [0, 0.05) is 18.8 Å². The Morgan fingerprint density at radius 2 is 1.85 bits per heavy atom. The molecule has 2 N–H and O–H groups in total. The van der Waals surface area contributed by atoms with E-state index < -0.39 is 15.8 Å². The van der Waals surface area contributed by atoms with Gasteiger partial charge in [-0.05, 0) is 38.5 Å². The zero-order chi connectivity index (χ0) is 15.1. The third-order valence-electron chi connectivity index (χ3n) is 3.32. The molecule has 7 heteroatoms. The van der Waals surface area contributed by atoms with E-state index in [1.807, 2.05) is 0 Å². The minimum Gasteiger partial charge on any atom is -0.398 e. The molecule has 0 aliphatic carbocycles. The van der Waals surface area contributed by atoms with Crippen LogP contribution in [0.15, 0.2) is 17.0 Å². The number of aryl methyl sites for hydroxylation is 1. The number of hydrogen-bond donors (Lipinski definition) is 1. The van der Waals surface area contributed by atoms with Crippen LogP contribution in [0.4, 0.5) is 10.1 Å². The summed E-state index contributed by atoms with van der Waals surface area (Å²) in [4.78, 5) is -0.373. The molecule has 0 amide bonds. The minimum atomic E-state index is -3.90. The molecule has 1 fully saturated rings. The lowest BCUT2D eigenvalue weighted by atomic mass is 10.2. The molecule has 1 aromatic carbocycles. The maximum Gasteiger partial charge on any atom is 0.246 e. The molecule has 1 heterocycles. The van der Waals surface area contributed by atoms with E-state index in [2.05, 4.69) is 0 Å². The normalized spacial score (nSPS) is 24.8. The zero-order valence-corrected chi connectivity index (χ0v) is 12.6. The Morgan fingerprint density at radius 1 is 1.30 bits per heavy atom. The fraction of sp³-hybridized carbons (Fsp3) is 0.538. The summed E-state index contributed by atoms with van der Waals surface area (Å²) in [6.45, 7) is 5.63. The van der Waals surface area contributed by atoms with Crippen LogP contribution in [0.1, 0.15) is 19.4 Å². The van der Waals surface area contributed by atoms with Crippen LogP contribution < -0.4 is 5.73 Å². The van der Waals surface area contributed by atoms with Gasteiger partial charge < -0.3 is 10.5 Å². The Balaban J connectivity index is 2.42. The number of nitrogens with two attached hydrogens (primary N) is 1. The molecule has 0 bridgehead atoms. The highest BCUT2D eigenvalue weighted by molar-refractivity contribution is 7.89. The molecule has 2 rings (SSSR count). The van der Waals surface area contributed by atoms with Gasteiger partial charge in [0.25, 0.3) is 0 Å². The van der Waals surface area contributed by atoms with Crippen LogP contribution in [0.5, 0.6) is 0 Å². The molecule has 1 aliphatic rings. The predicted molar refractivity (Wildman–Crippen MR) is 74.3 cm³/mol. The van der Waals surface area contributed by atoms with Crippen molar-refractivity contribution in [1.29, 1.82) is 0 Å². The van der Waals surface area contributed by atoms with Gasteiger partial charge in [0.05, 0.1) is 12.2 Å². The van der Waals surface area contributed by atoms with Gasteiger partial charge in [-0.25, -0.2) is 12.8 Å². The van der Waals surface area contributed by atoms with Crippen LogP contribution in [0.2, 0.25) is 0 Å². The van der Waals surface area contributed by atoms with E-state index >= 15 is 0 Å². The highest BCUT2D eigenvalue weighted by Gasteiger charge is 2.34. The van der Waals surface area contributed by atoms with E-state index in [0.717, 1.165) is 6.07 Å². The van der Waals surface area contributed by atoms with Crippen molar-refractivity contribution in [3.8, 4) is 0 Å². The quantitative estimate of drug-likeness (QED) is 0.841. The van der Waals surface area contributed by atoms with E-state index in [1.165, 1.54) is 10.4 Å². The van der Waals surface area contributed by atoms with E-state index in [-0.39, 0.29) is 35.9 Å². The molecule has 1 saturated heterocycles. The maximum absolute atomic E-state index is 14.0. The summed E-state index contributed by atoms with van der Waals surface area (Å²) in [7, 11) is -3.90. The van der Waals surface area contributed by atoms with Gasteiger partial charge in [0.2, 0.25) is 10.0 Å². The molecule has 0 spiro atoms. The fourth-order valence-corrected chi connectivity index (χ4v) is 4.00. The number of nitrogen functional groups attached to an aromatic ring is 1. The maximum atomic E-state index is 14.0. The number of morpholine rings is 1. The average molecular weight is 302 g/mol. The van der Waals surface area contributed by atoms with Gasteiger partial charge >= 0.3 is 0 Å². The number of ether oxygens (including phenoxy) is 1. The minimum absolute atomic E-state index is 0.208. The second-order valence-corrected chi connectivity index (χ2v) is 7.12. The predicted octanol–water partition coefficient (Wildman–Crippen LogP) is 1.51. The fourth-order valence-electron chi connectivity index (χ4n) is 2.33. The molecular formula is C13H19FN2O3S. The second kappa shape index (κ2) is 5.31. The number of hydrogen-bond acceptors (Lipinski definition) is 4. The second-order valence-electron chi connectivity index (χ2n) is 5.22. The molecule has 5 nitrogen and oxygen atoms in total. The van der Waals surface area contributed by atoms with Crippen LogP contribution in [0.25, 0.3) is 0 Å². The van der Waals surface area contributed by atoms with Crippen molar-refractivity contribution >= 4 is 15.7 Å². The van der Waals surface area contributed by atoms with Gasteiger partial charge in [-0.2, -0.15) is 4.31 Å². The first kappa shape index (κ1) is 15.2. The van der Waals surface area contributed by atoms with Crippen molar-refractivity contribution in [2.75, 3.05) is 18.8 Å². The lowest BCUT2D eigenvalue weighted by Crippen LogP contribution is -2.48. The molecule has 0 radical (unpaired) electrons. The first-order valence-electron chi connectivity index (χ1n) is 6.43. The summed E-state index contributed by atoms with van der Waals surface area (Å²) in [5.74, 6) is -0.775. The first-order valence-corrected chi connectivity index (χ1v) is 7.87. The van der Waals surface area contributed by atoms with E-state index in [9.17, 15) is 12.8 Å². The Kier molecular flexibility index (Phi) is 4.04. The number of benzene rings is 1. The van der Waals surface area contributed by atoms with Crippen molar-refractivity contribution < 1.29 is 17.5 Å². The molecule has 0 saturated carbocycles. The Labute approximate surface area is 118 Å². The Hall–Kier alpha value is -1.18. The molecular weight excluding hydrogens is 283 g/mol. The highest BCUT2D eigenvalue weighted by atomic mass is 32.2. The van der Waals surface area contributed by atoms with Gasteiger partial charge in [0.1, 0.15) is 10.7 Å². The topological polar surface area (TPSA) is 72.6 Å². The number of anilines is 1. The first-order chi connectivity index (χ1) is 9.21. The van der Waals surface area contributed by atoms with Crippen molar-refractivity contribution in [3.05, 3.63) is 23.5 Å². The third-order valence-corrected chi connectivity index (χ3v) is 5.17. The standard InChI is InChI=1S/C13H19FN2O3S/c1-8-4-11(14)13(5-12(8)15)20(17,18)16-6-9(2)19-10(3)7-16/h4-5,9-10H,6-7,15H2,1-3H3. The van der Waals surface area contributed by atoms with Gasteiger partial charge in [-0.3, -0.25) is 0 Å². The van der Waals surface area contributed by atoms with Crippen molar-refractivity contribution in [1.82, 2.24) is 4.31 Å². The molecule has 20 heavy (non-hydrogen) atoms. The Morgan fingerprint density at radius 3 is 2.40 bits per heavy atom. The molecule has 0 aromatic heterocycles. The number of sulfonamides is 1. The zero-order valence-electron chi connectivity index (χ0n) is 11.8. The summed E-state index contributed by atoms with van der Waals surface area (Å²) < 4.78 is 45.8. The third kappa shape index (κ3) is 2.79. The molecule has 1 aliphatic heterocycles. The van der Waals surface area contributed by atoms with Crippen molar-refractivity contribution in [2.24, 2.45) is 0 Å². The van der Waals surface area contributed by atoms with E-state index in [0.29, 0.717) is 5.56 Å². The number of halogens is 1. The Bertz CT molecular complexity index is 608. The number of nitrogens with zero attached hydrogens (tertiary/aromatic N) is 1. The smallest absolute Gasteiger partial charge is 0.246 e. The van der Waals surface area contributed by atoms with E-state index in [4.69, 9.17) is 10.5 Å². The van der Waals surface area contributed by atoms with Gasteiger partial charge in [-0.1, -0.05) is 0 Å². The lowest BCUT2D eigenvalue weighted by Gasteiger charge is -2.34. The largest absolute Gasteiger partial charge is 0.398 e. The van der Waals surface area contributed by atoms with Crippen LogP contribution in [-0.4, -0.2) is 38.0 Å². The van der Waals surface area contributed by atoms with Crippen molar-refractivity contribution in [2.45, 2.75) is 37.9 Å². The van der Waals surface area contributed by atoms with E-state index in [1.54, 1.807) is 20.8 Å². The number of rotatable bonds is 2. The summed E-state index contributed by atoms with van der Waals surface area (Å²) in [6.07, 6.45) is -0.446. The van der Waals surface area contributed by atoms with Crippen LogP contribution >= 0.6 is 0 Å². The van der Waals surface area contributed by atoms with Gasteiger partial charge in [0.15, 0.2) is 0 Å². The van der Waals surface area contributed by atoms with Crippen LogP contribution in [0.3, 0.4) is 0 Å². The van der Waals surface area contributed by atoms with Gasteiger partial charge in [-0.15, -0.1) is 0 Å². The summed E-state index contributed by atoms with van der Waals surface area (Å²) in [6, 6.07) is 2.33. The molecule has 1 aromatic rings. The summed E-state index contributed by atoms with van der Waals surface area (Å²) in [5, 5.41) is 0. The summed E-state index contributed by atoms with van der Waals surface area (Å²) in [5.41, 5.74) is 6.48. The molecule has 2 unspecified atom stereocenters. The van der Waals surface area contributed by atoms with Crippen LogP contribution in [-0.2, 0) is 14.8 Å². The van der Waals surface area contributed by atoms with Crippen LogP contribution in [0, 0.1) is 12.7 Å². The molecule has 112 valence electrons.